The third-order valence-corrected chi connectivity index (χ3v) is 4.32. The Morgan fingerprint density at radius 2 is 2.12 bits per heavy atom. The van der Waals surface area contributed by atoms with Crippen molar-refractivity contribution in [2.24, 2.45) is 4.99 Å². The molecule has 25 heavy (non-hydrogen) atoms. The van der Waals surface area contributed by atoms with Crippen molar-refractivity contribution < 1.29 is 27.5 Å². The Morgan fingerprint density at radius 1 is 1.40 bits per heavy atom. The number of nitrogens with zero attached hydrogens (tertiary/aromatic N) is 1. The maximum atomic E-state index is 12.9. The molecule has 0 aromatic heterocycles. The second-order valence-electron chi connectivity index (χ2n) is 5.07. The van der Waals surface area contributed by atoms with Crippen LogP contribution >= 0.6 is 11.8 Å². The minimum Gasteiger partial charge on any atom is -0.383 e. The fraction of sp³-hybridized carbons (Fsp3) is 0.400. The molecule has 2 rings (SSSR count). The van der Waals surface area contributed by atoms with Crippen LogP contribution in [-0.2, 0) is 20.5 Å². The highest BCUT2D eigenvalue weighted by Gasteiger charge is 2.35. The molecule has 136 valence electrons. The number of amidine groups is 1. The molecule has 1 fully saturated rings. The molecule has 1 heterocycles. The van der Waals surface area contributed by atoms with Gasteiger partial charge in [0.15, 0.2) is 5.17 Å². The number of ether oxygens (including phenoxy) is 1. The zero-order valence-corrected chi connectivity index (χ0v) is 14.0. The molecule has 1 aromatic carbocycles. The zero-order valence-electron chi connectivity index (χ0n) is 13.2. The van der Waals surface area contributed by atoms with E-state index in [1.807, 2.05) is 0 Å². The Labute approximate surface area is 146 Å². The van der Waals surface area contributed by atoms with E-state index in [-0.39, 0.29) is 12.1 Å². The van der Waals surface area contributed by atoms with Gasteiger partial charge < -0.3 is 15.4 Å². The monoisotopic (exact) mass is 375 g/mol. The van der Waals surface area contributed by atoms with Crippen LogP contribution < -0.4 is 10.6 Å². The highest BCUT2D eigenvalue weighted by molar-refractivity contribution is 8.15. The molecule has 10 heteroatoms. The van der Waals surface area contributed by atoms with Crippen LogP contribution in [0.5, 0.6) is 0 Å². The molecule has 6 nitrogen and oxygen atoms in total. The number of hydrogen-bond acceptors (Lipinski definition) is 5. The number of amides is 2. The summed E-state index contributed by atoms with van der Waals surface area (Å²) in [5.41, 5.74) is -1.27. The van der Waals surface area contributed by atoms with Crippen molar-refractivity contribution >= 4 is 34.4 Å². The van der Waals surface area contributed by atoms with Gasteiger partial charge in [0.25, 0.3) is 0 Å². The predicted molar refractivity (Wildman–Crippen MR) is 88.4 cm³/mol. The Balaban J connectivity index is 1.97. The Bertz CT molecular complexity index is 679. The number of para-hydroxylation sites is 1. The summed E-state index contributed by atoms with van der Waals surface area (Å²) < 4.78 is 43.6. The maximum absolute atomic E-state index is 12.9. The number of aliphatic imine (C=N–C) groups is 1. The molecular weight excluding hydrogens is 359 g/mol. The molecule has 0 aliphatic carbocycles. The number of nitrogens with one attached hydrogen (secondary N) is 2. The SMILES string of the molecule is COCCN=C1NC(=O)[C@@H](CC(=O)Nc2ccccc2C(F)(F)F)S1. The number of carbonyl (C=O) groups excluding carboxylic acids is 2. The molecule has 1 atom stereocenters. The van der Waals surface area contributed by atoms with Gasteiger partial charge in [0.2, 0.25) is 11.8 Å². The first-order valence-corrected chi connectivity index (χ1v) is 8.16. The molecular formula is C15H16F3N3O3S. The third-order valence-electron chi connectivity index (χ3n) is 3.20. The smallest absolute Gasteiger partial charge is 0.383 e. The van der Waals surface area contributed by atoms with Gasteiger partial charge in [-0.2, -0.15) is 13.2 Å². The quantitative estimate of drug-likeness (QED) is 0.748. The van der Waals surface area contributed by atoms with Gasteiger partial charge in [-0.05, 0) is 12.1 Å². The van der Waals surface area contributed by atoms with E-state index < -0.39 is 28.8 Å². The van der Waals surface area contributed by atoms with Gasteiger partial charge >= 0.3 is 6.18 Å². The number of alkyl halides is 3. The molecule has 0 radical (unpaired) electrons. The Kier molecular flexibility index (Phi) is 6.43. The van der Waals surface area contributed by atoms with Gasteiger partial charge in [0, 0.05) is 13.5 Å². The summed E-state index contributed by atoms with van der Waals surface area (Å²) >= 11 is 1.07. The Morgan fingerprint density at radius 3 is 2.80 bits per heavy atom. The molecule has 1 aliphatic rings. The highest BCUT2D eigenvalue weighted by Crippen LogP contribution is 2.34. The van der Waals surface area contributed by atoms with E-state index in [0.717, 1.165) is 17.8 Å². The summed E-state index contributed by atoms with van der Waals surface area (Å²) in [6.45, 7) is 0.746. The van der Waals surface area contributed by atoms with E-state index in [9.17, 15) is 22.8 Å². The van der Waals surface area contributed by atoms with Crippen LogP contribution in [0.4, 0.5) is 18.9 Å². The van der Waals surface area contributed by atoms with Crippen molar-refractivity contribution in [2.45, 2.75) is 17.8 Å². The van der Waals surface area contributed by atoms with E-state index in [4.69, 9.17) is 4.74 Å². The van der Waals surface area contributed by atoms with Crippen LogP contribution in [-0.4, -0.2) is 42.5 Å². The number of halogens is 3. The lowest BCUT2D eigenvalue weighted by Crippen LogP contribution is -2.28. The summed E-state index contributed by atoms with van der Waals surface area (Å²) in [7, 11) is 1.52. The fourth-order valence-electron chi connectivity index (χ4n) is 2.06. The highest BCUT2D eigenvalue weighted by atomic mass is 32.2. The molecule has 2 N–H and O–H groups in total. The fourth-order valence-corrected chi connectivity index (χ4v) is 3.06. The van der Waals surface area contributed by atoms with Gasteiger partial charge in [0.05, 0.1) is 24.4 Å². The lowest BCUT2D eigenvalue weighted by molar-refractivity contribution is -0.137. The lowest BCUT2D eigenvalue weighted by Gasteiger charge is -2.14. The second-order valence-corrected chi connectivity index (χ2v) is 6.26. The first kappa shape index (κ1) is 19.3. The number of carbonyl (C=O) groups is 2. The van der Waals surface area contributed by atoms with Gasteiger partial charge in [-0.15, -0.1) is 0 Å². The van der Waals surface area contributed by atoms with Crippen LogP contribution in [0, 0.1) is 0 Å². The average Bonchev–Trinajstić information content (AvgIpc) is 2.87. The number of hydrogen-bond donors (Lipinski definition) is 2. The van der Waals surface area contributed by atoms with E-state index in [0.29, 0.717) is 18.3 Å². The van der Waals surface area contributed by atoms with Crippen LogP contribution in [0.25, 0.3) is 0 Å². The third kappa shape index (κ3) is 5.46. The van der Waals surface area contributed by atoms with Crippen molar-refractivity contribution in [3.63, 3.8) is 0 Å². The largest absolute Gasteiger partial charge is 0.418 e. The standard InChI is InChI=1S/C15H16F3N3O3S/c1-24-7-6-19-14-21-13(23)11(25-14)8-12(22)20-10-5-3-2-4-9(10)15(16,17)18/h2-5,11H,6-8H2,1H3,(H,20,22)(H,19,21,23)/t11-/m1/s1. The summed E-state index contributed by atoms with van der Waals surface area (Å²) in [4.78, 5) is 27.9. The second kappa shape index (κ2) is 8.34. The van der Waals surface area contributed by atoms with E-state index >= 15 is 0 Å². The van der Waals surface area contributed by atoms with Crippen molar-refractivity contribution in [3.8, 4) is 0 Å². The minimum atomic E-state index is -4.58. The van der Waals surface area contributed by atoms with Crippen LogP contribution in [0.2, 0.25) is 0 Å². The first-order valence-electron chi connectivity index (χ1n) is 7.28. The number of anilines is 1. The molecule has 0 unspecified atom stereocenters. The molecule has 0 saturated carbocycles. The summed E-state index contributed by atoms with van der Waals surface area (Å²) in [5, 5.41) is 4.38. The van der Waals surface area contributed by atoms with Crippen molar-refractivity contribution in [1.29, 1.82) is 0 Å². The normalized spacial score (nSPS) is 19.1. The molecule has 1 saturated heterocycles. The number of methoxy groups -OCH3 is 1. The van der Waals surface area contributed by atoms with Gasteiger partial charge in [-0.25, -0.2) is 0 Å². The lowest BCUT2D eigenvalue weighted by atomic mass is 10.1. The number of rotatable bonds is 6. The molecule has 1 aromatic rings. The molecule has 0 spiro atoms. The summed E-state index contributed by atoms with van der Waals surface area (Å²) in [6, 6.07) is 4.68. The summed E-state index contributed by atoms with van der Waals surface area (Å²) in [6.07, 6.45) is -4.84. The first-order chi connectivity index (χ1) is 11.8. The Hall–Kier alpha value is -2.07. The van der Waals surface area contributed by atoms with Crippen LogP contribution in [0.1, 0.15) is 12.0 Å². The van der Waals surface area contributed by atoms with Gasteiger partial charge in [-0.3, -0.25) is 14.6 Å². The molecule has 0 bridgehead atoms. The zero-order chi connectivity index (χ0) is 18.4. The minimum absolute atomic E-state index is 0.258. The molecule has 2 amide bonds. The predicted octanol–water partition coefficient (Wildman–Crippen LogP) is 2.27. The number of thioether (sulfide) groups is 1. The maximum Gasteiger partial charge on any atom is 0.418 e. The van der Waals surface area contributed by atoms with E-state index in [2.05, 4.69) is 15.6 Å². The van der Waals surface area contributed by atoms with Crippen LogP contribution in [0.3, 0.4) is 0 Å². The van der Waals surface area contributed by atoms with E-state index in [1.165, 1.54) is 25.3 Å². The van der Waals surface area contributed by atoms with Gasteiger partial charge in [-0.1, -0.05) is 23.9 Å². The van der Waals surface area contributed by atoms with Crippen molar-refractivity contribution in [2.75, 3.05) is 25.6 Å². The topological polar surface area (TPSA) is 79.8 Å². The van der Waals surface area contributed by atoms with E-state index in [1.54, 1.807) is 0 Å². The van der Waals surface area contributed by atoms with Gasteiger partial charge in [0.1, 0.15) is 5.25 Å². The number of benzene rings is 1. The van der Waals surface area contributed by atoms with Crippen molar-refractivity contribution in [1.82, 2.24) is 5.32 Å². The van der Waals surface area contributed by atoms with Crippen LogP contribution in [0.15, 0.2) is 29.3 Å². The molecule has 1 aliphatic heterocycles. The average molecular weight is 375 g/mol. The van der Waals surface area contributed by atoms with Crippen molar-refractivity contribution in [3.05, 3.63) is 29.8 Å². The summed E-state index contributed by atoms with van der Waals surface area (Å²) in [5.74, 6) is -1.08.